The predicted molar refractivity (Wildman–Crippen MR) is 70.1 cm³/mol. The van der Waals surface area contributed by atoms with Gasteiger partial charge in [-0.25, -0.2) is 0 Å². The van der Waals surface area contributed by atoms with Gasteiger partial charge in [-0.2, -0.15) is 0 Å². The summed E-state index contributed by atoms with van der Waals surface area (Å²) in [6.45, 7) is 0.577. The Morgan fingerprint density at radius 3 is 2.47 bits per heavy atom. The number of hydrogen-bond donors (Lipinski definition) is 4. The second kappa shape index (κ2) is 5.93. The van der Waals surface area contributed by atoms with E-state index in [-0.39, 0.29) is 23.5 Å². The molecule has 104 valence electrons. The number of phenols is 2. The Kier molecular flexibility index (Phi) is 4.27. The van der Waals surface area contributed by atoms with Gasteiger partial charge in [0, 0.05) is 12.1 Å². The zero-order valence-electron chi connectivity index (χ0n) is 10.7. The van der Waals surface area contributed by atoms with Crippen molar-refractivity contribution in [3.8, 4) is 11.5 Å². The molecule has 0 radical (unpaired) electrons. The average molecular weight is 265 g/mol. The lowest BCUT2D eigenvalue weighted by molar-refractivity contribution is 0.0910. The average Bonchev–Trinajstić information content (AvgIpc) is 2.41. The monoisotopic (exact) mass is 265 g/mol. The summed E-state index contributed by atoms with van der Waals surface area (Å²) in [4.78, 5) is 11.9. The van der Waals surface area contributed by atoms with E-state index in [1.807, 2.05) is 0 Å². The van der Waals surface area contributed by atoms with Gasteiger partial charge in [-0.3, -0.25) is 4.79 Å². The first-order valence-corrected chi connectivity index (χ1v) is 6.54. The van der Waals surface area contributed by atoms with E-state index in [4.69, 9.17) is 0 Å². The second-order valence-corrected chi connectivity index (χ2v) is 5.09. The van der Waals surface area contributed by atoms with E-state index in [9.17, 15) is 20.1 Å². The minimum atomic E-state index is -0.298. The number of benzene rings is 1. The molecule has 5 heteroatoms. The molecular weight excluding hydrogens is 246 g/mol. The normalized spacial score (nSPS) is 23.0. The first kappa shape index (κ1) is 13.7. The molecule has 1 amide bonds. The van der Waals surface area contributed by atoms with Crippen LogP contribution in [0, 0.1) is 5.92 Å². The summed E-state index contributed by atoms with van der Waals surface area (Å²) in [5, 5.41) is 30.7. The third-order valence-electron chi connectivity index (χ3n) is 3.61. The maximum Gasteiger partial charge on any atom is 0.251 e. The summed E-state index contributed by atoms with van der Waals surface area (Å²) in [6.07, 6.45) is 3.23. The summed E-state index contributed by atoms with van der Waals surface area (Å²) >= 11 is 0. The van der Waals surface area contributed by atoms with E-state index in [1.54, 1.807) is 0 Å². The maximum absolute atomic E-state index is 11.9. The lowest BCUT2D eigenvalue weighted by Gasteiger charge is -2.25. The highest BCUT2D eigenvalue weighted by Gasteiger charge is 2.20. The molecule has 5 nitrogen and oxygen atoms in total. The van der Waals surface area contributed by atoms with Crippen LogP contribution in [0.15, 0.2) is 18.2 Å². The van der Waals surface area contributed by atoms with Crippen LogP contribution < -0.4 is 5.32 Å². The molecule has 4 N–H and O–H groups in total. The molecule has 1 aliphatic rings. The third kappa shape index (κ3) is 3.61. The van der Waals surface area contributed by atoms with Crippen molar-refractivity contribution in [2.24, 2.45) is 5.92 Å². The minimum Gasteiger partial charge on any atom is -0.504 e. The highest BCUT2D eigenvalue weighted by molar-refractivity contribution is 5.94. The topological polar surface area (TPSA) is 89.8 Å². The quantitative estimate of drug-likeness (QED) is 0.621. The molecule has 0 aromatic heterocycles. The van der Waals surface area contributed by atoms with Crippen LogP contribution in [0.5, 0.6) is 11.5 Å². The van der Waals surface area contributed by atoms with Crippen LogP contribution in [0.25, 0.3) is 0 Å². The minimum absolute atomic E-state index is 0.194. The Morgan fingerprint density at radius 2 is 1.84 bits per heavy atom. The number of carbonyl (C=O) groups is 1. The van der Waals surface area contributed by atoms with Gasteiger partial charge in [-0.15, -0.1) is 0 Å². The van der Waals surface area contributed by atoms with Gasteiger partial charge in [0.05, 0.1) is 6.10 Å². The SMILES string of the molecule is O=C(NCC1CCC(O)CC1)c1ccc(O)c(O)c1. The van der Waals surface area contributed by atoms with Crippen LogP contribution in [0.3, 0.4) is 0 Å². The Bertz CT molecular complexity index is 453. The molecule has 1 aliphatic carbocycles. The van der Waals surface area contributed by atoms with Crippen molar-refractivity contribution < 1.29 is 20.1 Å². The van der Waals surface area contributed by atoms with Crippen molar-refractivity contribution in [2.75, 3.05) is 6.54 Å². The molecule has 0 spiro atoms. The van der Waals surface area contributed by atoms with Gasteiger partial charge in [0.25, 0.3) is 5.91 Å². The van der Waals surface area contributed by atoms with Gasteiger partial charge >= 0.3 is 0 Å². The van der Waals surface area contributed by atoms with Crippen molar-refractivity contribution in [1.82, 2.24) is 5.32 Å². The Balaban J connectivity index is 1.85. The van der Waals surface area contributed by atoms with Crippen molar-refractivity contribution in [3.05, 3.63) is 23.8 Å². The summed E-state index contributed by atoms with van der Waals surface area (Å²) < 4.78 is 0. The predicted octanol–water partition coefficient (Wildman–Crippen LogP) is 1.38. The van der Waals surface area contributed by atoms with Crippen molar-refractivity contribution in [3.63, 3.8) is 0 Å². The molecule has 0 heterocycles. The Morgan fingerprint density at radius 1 is 1.16 bits per heavy atom. The molecule has 1 aromatic rings. The molecule has 19 heavy (non-hydrogen) atoms. The molecule has 1 saturated carbocycles. The number of carbonyl (C=O) groups excluding carboxylic acids is 1. The number of aliphatic hydroxyl groups excluding tert-OH is 1. The van der Waals surface area contributed by atoms with Gasteiger partial charge in [-0.05, 0) is 49.8 Å². The van der Waals surface area contributed by atoms with Crippen LogP contribution >= 0.6 is 0 Å². The number of aliphatic hydroxyl groups is 1. The molecule has 0 saturated heterocycles. The molecule has 2 rings (SSSR count). The number of phenolic OH excluding ortho intramolecular Hbond substituents is 2. The maximum atomic E-state index is 11.9. The van der Waals surface area contributed by atoms with Crippen LogP contribution in [-0.2, 0) is 0 Å². The smallest absolute Gasteiger partial charge is 0.251 e. The summed E-state index contributed by atoms with van der Waals surface area (Å²) in [5.41, 5.74) is 0.325. The molecular formula is C14H19NO4. The molecule has 0 unspecified atom stereocenters. The number of nitrogens with one attached hydrogen (secondary N) is 1. The first-order chi connectivity index (χ1) is 9.06. The fourth-order valence-electron chi connectivity index (χ4n) is 2.35. The zero-order valence-corrected chi connectivity index (χ0v) is 10.7. The fourth-order valence-corrected chi connectivity index (χ4v) is 2.35. The lowest BCUT2D eigenvalue weighted by Crippen LogP contribution is -2.32. The highest BCUT2D eigenvalue weighted by Crippen LogP contribution is 2.25. The van der Waals surface area contributed by atoms with E-state index >= 15 is 0 Å². The number of aromatic hydroxyl groups is 2. The fraction of sp³-hybridized carbons (Fsp3) is 0.500. The van der Waals surface area contributed by atoms with Crippen molar-refractivity contribution >= 4 is 5.91 Å². The van der Waals surface area contributed by atoms with Crippen LogP contribution in [0.2, 0.25) is 0 Å². The highest BCUT2D eigenvalue weighted by atomic mass is 16.3. The van der Waals surface area contributed by atoms with Gasteiger partial charge in [0.15, 0.2) is 11.5 Å². The number of rotatable bonds is 3. The zero-order chi connectivity index (χ0) is 13.8. The summed E-state index contributed by atoms with van der Waals surface area (Å²) in [6, 6.07) is 4.01. The summed E-state index contributed by atoms with van der Waals surface area (Å²) in [5.74, 6) is -0.397. The van der Waals surface area contributed by atoms with E-state index in [2.05, 4.69) is 5.32 Å². The summed E-state index contributed by atoms with van der Waals surface area (Å²) in [7, 11) is 0. The van der Waals surface area contributed by atoms with E-state index in [0.29, 0.717) is 18.0 Å². The van der Waals surface area contributed by atoms with Crippen LogP contribution in [0.4, 0.5) is 0 Å². The molecule has 0 bridgehead atoms. The van der Waals surface area contributed by atoms with Gasteiger partial charge in [0.2, 0.25) is 0 Å². The van der Waals surface area contributed by atoms with Crippen LogP contribution in [-0.4, -0.2) is 33.9 Å². The molecule has 1 aromatic carbocycles. The standard InChI is InChI=1S/C14H19NO4/c16-11-4-1-9(2-5-11)8-15-14(19)10-3-6-12(17)13(18)7-10/h3,6-7,9,11,16-18H,1-2,4-5,8H2,(H,15,19). The third-order valence-corrected chi connectivity index (χ3v) is 3.61. The molecule has 0 atom stereocenters. The second-order valence-electron chi connectivity index (χ2n) is 5.09. The lowest BCUT2D eigenvalue weighted by atomic mass is 9.87. The van der Waals surface area contributed by atoms with Gasteiger partial charge in [0.1, 0.15) is 0 Å². The molecule has 1 fully saturated rings. The van der Waals surface area contributed by atoms with E-state index in [0.717, 1.165) is 25.7 Å². The first-order valence-electron chi connectivity index (χ1n) is 6.54. The van der Waals surface area contributed by atoms with Gasteiger partial charge in [-0.1, -0.05) is 0 Å². The number of hydrogen-bond acceptors (Lipinski definition) is 4. The van der Waals surface area contributed by atoms with Crippen molar-refractivity contribution in [1.29, 1.82) is 0 Å². The number of amides is 1. The Hall–Kier alpha value is -1.75. The van der Waals surface area contributed by atoms with Crippen molar-refractivity contribution in [2.45, 2.75) is 31.8 Å². The largest absolute Gasteiger partial charge is 0.504 e. The Labute approximate surface area is 111 Å². The van der Waals surface area contributed by atoms with E-state index < -0.39 is 0 Å². The molecule has 0 aliphatic heterocycles. The van der Waals surface area contributed by atoms with Gasteiger partial charge < -0.3 is 20.6 Å². The van der Waals surface area contributed by atoms with E-state index in [1.165, 1.54) is 18.2 Å². The van der Waals surface area contributed by atoms with Crippen LogP contribution in [0.1, 0.15) is 36.0 Å².